The first-order valence-electron chi connectivity index (χ1n) is 6.11. The minimum atomic E-state index is 0.629. The highest BCUT2D eigenvalue weighted by Crippen LogP contribution is 2.23. The summed E-state index contributed by atoms with van der Waals surface area (Å²) in [7, 11) is 1.96. The van der Waals surface area contributed by atoms with Crippen molar-refractivity contribution < 1.29 is 0 Å². The Labute approximate surface area is 113 Å². The predicted molar refractivity (Wildman–Crippen MR) is 74.8 cm³/mol. The van der Waals surface area contributed by atoms with Crippen molar-refractivity contribution in [3.8, 4) is 6.07 Å². The molecule has 0 N–H and O–H groups in total. The number of aryl methyl sites for hydroxylation is 2. The fourth-order valence-corrected chi connectivity index (χ4v) is 2.07. The van der Waals surface area contributed by atoms with Crippen molar-refractivity contribution in [3.63, 3.8) is 0 Å². The van der Waals surface area contributed by atoms with Gasteiger partial charge >= 0.3 is 0 Å². The van der Waals surface area contributed by atoms with E-state index in [2.05, 4.69) is 16.0 Å². The lowest BCUT2D eigenvalue weighted by Gasteiger charge is -2.21. The zero-order chi connectivity index (χ0) is 13.8. The maximum absolute atomic E-state index is 9.27. The Morgan fingerprint density at radius 2 is 2.11 bits per heavy atom. The number of nitriles is 1. The topological polar surface area (TPSA) is 52.8 Å². The minimum Gasteiger partial charge on any atom is -0.368 e. The van der Waals surface area contributed by atoms with E-state index in [4.69, 9.17) is 0 Å². The van der Waals surface area contributed by atoms with Gasteiger partial charge in [-0.05, 0) is 32.0 Å². The van der Waals surface area contributed by atoms with Gasteiger partial charge in [-0.1, -0.05) is 6.07 Å². The number of aromatic nitrogens is 2. The zero-order valence-corrected chi connectivity index (χ0v) is 11.4. The van der Waals surface area contributed by atoms with Gasteiger partial charge in [-0.2, -0.15) is 5.26 Å². The molecule has 0 aliphatic rings. The lowest BCUT2D eigenvalue weighted by atomic mass is 10.1. The minimum absolute atomic E-state index is 0.629. The van der Waals surface area contributed by atoms with Gasteiger partial charge in [0, 0.05) is 18.9 Å². The van der Waals surface area contributed by atoms with Crippen LogP contribution < -0.4 is 4.90 Å². The molecular weight excluding hydrogens is 236 g/mol. The largest absolute Gasteiger partial charge is 0.368 e. The van der Waals surface area contributed by atoms with Crippen molar-refractivity contribution in [1.29, 1.82) is 5.26 Å². The summed E-state index contributed by atoms with van der Waals surface area (Å²) in [5.41, 5.74) is 4.19. The Morgan fingerprint density at radius 3 is 2.74 bits per heavy atom. The average Bonchev–Trinajstić information content (AvgIpc) is 2.39. The summed E-state index contributed by atoms with van der Waals surface area (Å²) in [4.78, 5) is 10.7. The van der Waals surface area contributed by atoms with Gasteiger partial charge in [-0.3, -0.25) is 9.97 Å². The van der Waals surface area contributed by atoms with Crippen molar-refractivity contribution in [2.24, 2.45) is 0 Å². The lowest BCUT2D eigenvalue weighted by Crippen LogP contribution is -2.19. The van der Waals surface area contributed by atoms with E-state index in [0.29, 0.717) is 12.1 Å². The molecule has 0 amide bonds. The molecule has 0 aliphatic heterocycles. The second kappa shape index (κ2) is 5.49. The van der Waals surface area contributed by atoms with Crippen LogP contribution in [0.4, 0.5) is 5.69 Å². The fourth-order valence-electron chi connectivity index (χ4n) is 2.07. The molecule has 0 bridgehead atoms. The van der Waals surface area contributed by atoms with Gasteiger partial charge in [0.25, 0.3) is 0 Å². The van der Waals surface area contributed by atoms with E-state index in [1.54, 1.807) is 6.20 Å². The molecule has 0 saturated heterocycles. The molecule has 0 atom stereocenters. The van der Waals surface area contributed by atoms with Gasteiger partial charge in [-0.15, -0.1) is 0 Å². The third kappa shape index (κ3) is 2.89. The summed E-state index contributed by atoms with van der Waals surface area (Å²) in [6.45, 7) is 4.47. The Bertz CT molecular complexity index is 614. The van der Waals surface area contributed by atoms with Crippen LogP contribution in [0.15, 0.2) is 30.5 Å². The first-order chi connectivity index (χ1) is 9.11. The quantitative estimate of drug-likeness (QED) is 0.842. The number of hydrogen-bond acceptors (Lipinski definition) is 4. The third-order valence-electron chi connectivity index (χ3n) is 2.96. The molecule has 0 radical (unpaired) electrons. The molecule has 0 unspecified atom stereocenters. The summed E-state index contributed by atoms with van der Waals surface area (Å²) >= 11 is 0. The van der Waals surface area contributed by atoms with Crippen LogP contribution >= 0.6 is 0 Å². The Hall–Kier alpha value is -2.41. The van der Waals surface area contributed by atoms with Crippen LogP contribution in [0.25, 0.3) is 0 Å². The maximum Gasteiger partial charge on any atom is 0.103 e. The molecule has 0 aliphatic carbocycles. The molecule has 2 aromatic heterocycles. The standard InChI is InChI=1S/C15H16N4/c1-11-8-15(14(9-16)12(2)18-11)19(3)10-13-6-4-5-7-17-13/h4-8H,10H2,1-3H3. The first-order valence-corrected chi connectivity index (χ1v) is 6.11. The van der Waals surface area contributed by atoms with Crippen molar-refractivity contribution in [1.82, 2.24) is 9.97 Å². The first kappa shape index (κ1) is 13.0. The molecule has 4 nitrogen and oxygen atoms in total. The van der Waals surface area contributed by atoms with Crippen LogP contribution in [0.5, 0.6) is 0 Å². The van der Waals surface area contributed by atoms with E-state index >= 15 is 0 Å². The number of rotatable bonds is 3. The van der Waals surface area contributed by atoms with Crippen molar-refractivity contribution >= 4 is 5.69 Å². The summed E-state index contributed by atoms with van der Waals surface area (Å²) in [5, 5.41) is 9.27. The lowest BCUT2D eigenvalue weighted by molar-refractivity contribution is 0.877. The molecule has 0 spiro atoms. The second-order valence-electron chi connectivity index (χ2n) is 4.53. The molecule has 0 saturated carbocycles. The van der Waals surface area contributed by atoms with E-state index in [-0.39, 0.29) is 0 Å². The smallest absolute Gasteiger partial charge is 0.103 e. The second-order valence-corrected chi connectivity index (χ2v) is 4.53. The molecule has 0 fully saturated rings. The Morgan fingerprint density at radius 1 is 1.32 bits per heavy atom. The Kier molecular flexibility index (Phi) is 3.76. The molecule has 2 rings (SSSR count). The van der Waals surface area contributed by atoms with Crippen LogP contribution in [-0.4, -0.2) is 17.0 Å². The van der Waals surface area contributed by atoms with Gasteiger partial charge in [0.2, 0.25) is 0 Å². The molecule has 96 valence electrons. The van der Waals surface area contributed by atoms with E-state index in [9.17, 15) is 5.26 Å². The number of nitrogens with zero attached hydrogens (tertiary/aromatic N) is 4. The summed E-state index contributed by atoms with van der Waals surface area (Å²) < 4.78 is 0. The number of hydrogen-bond donors (Lipinski definition) is 0. The van der Waals surface area contributed by atoms with Crippen LogP contribution in [0.2, 0.25) is 0 Å². The van der Waals surface area contributed by atoms with Gasteiger partial charge in [0.1, 0.15) is 6.07 Å². The maximum atomic E-state index is 9.27. The molecular formula is C15H16N4. The highest BCUT2D eigenvalue weighted by Gasteiger charge is 2.12. The highest BCUT2D eigenvalue weighted by molar-refractivity contribution is 5.61. The van der Waals surface area contributed by atoms with E-state index < -0.39 is 0 Å². The predicted octanol–water partition coefficient (Wildman–Crippen LogP) is 2.60. The molecule has 19 heavy (non-hydrogen) atoms. The molecule has 2 aromatic rings. The molecule has 0 aromatic carbocycles. The summed E-state index contributed by atoms with van der Waals surface area (Å²) in [6, 6.07) is 10.0. The molecule has 2 heterocycles. The summed E-state index contributed by atoms with van der Waals surface area (Å²) in [6.07, 6.45) is 1.78. The van der Waals surface area contributed by atoms with E-state index in [0.717, 1.165) is 22.8 Å². The van der Waals surface area contributed by atoms with Crippen molar-refractivity contribution in [2.75, 3.05) is 11.9 Å². The average molecular weight is 252 g/mol. The van der Waals surface area contributed by atoms with Crippen LogP contribution in [0.3, 0.4) is 0 Å². The SMILES string of the molecule is Cc1cc(N(C)Cc2ccccn2)c(C#N)c(C)n1. The van der Waals surface area contributed by atoms with Crippen molar-refractivity contribution in [2.45, 2.75) is 20.4 Å². The van der Waals surface area contributed by atoms with Crippen LogP contribution in [-0.2, 0) is 6.54 Å². The normalized spacial score (nSPS) is 10.0. The van der Waals surface area contributed by atoms with E-state index in [1.165, 1.54) is 0 Å². The number of anilines is 1. The number of pyridine rings is 2. The molecule has 4 heteroatoms. The zero-order valence-electron chi connectivity index (χ0n) is 11.4. The Balaban J connectivity index is 2.34. The van der Waals surface area contributed by atoms with Gasteiger partial charge in [-0.25, -0.2) is 0 Å². The van der Waals surface area contributed by atoms with Crippen LogP contribution in [0, 0.1) is 25.2 Å². The van der Waals surface area contributed by atoms with Crippen molar-refractivity contribution in [3.05, 3.63) is 53.1 Å². The fraction of sp³-hybridized carbons (Fsp3) is 0.267. The van der Waals surface area contributed by atoms with Gasteiger partial charge in [0.15, 0.2) is 0 Å². The monoisotopic (exact) mass is 252 g/mol. The van der Waals surface area contributed by atoms with Gasteiger partial charge < -0.3 is 4.90 Å². The van der Waals surface area contributed by atoms with Crippen LogP contribution in [0.1, 0.15) is 22.6 Å². The third-order valence-corrected chi connectivity index (χ3v) is 2.96. The summed E-state index contributed by atoms with van der Waals surface area (Å²) in [5.74, 6) is 0. The van der Waals surface area contributed by atoms with E-state index in [1.807, 2.05) is 50.1 Å². The van der Waals surface area contributed by atoms with Gasteiger partial charge in [0.05, 0.1) is 29.2 Å². The highest BCUT2D eigenvalue weighted by atomic mass is 15.1.